The van der Waals surface area contributed by atoms with E-state index in [0.29, 0.717) is 50.5 Å². The van der Waals surface area contributed by atoms with Crippen molar-refractivity contribution in [1.82, 2.24) is 14.4 Å². The molecule has 13 nitrogen and oxygen atoms in total. The topological polar surface area (TPSA) is 139 Å². The molecule has 5 fully saturated rings. The average Bonchev–Trinajstić information content (AvgIpc) is 0.774. The zero-order valence-corrected chi connectivity index (χ0v) is 51.6. The zero-order valence-electron chi connectivity index (χ0n) is 51.6. The summed E-state index contributed by atoms with van der Waals surface area (Å²) in [5.74, 6) is 0.658. The monoisotopic (exact) mass is 1120 g/mol. The standard InChI is InChI=1S/C69H93N4O9/c1-14-70(15-2)48-23-25-52-55(39-48)82-56-40-49(71(16-3)17-4)24-26-53(56)60(52)50-21-18-19-22-51(50)63(77)72-35-20-36-73(38-37-72)64(78)69-32-29-43(5)44(6)61(69)54-27-28-59-65(10)41-57(80-46(8)75)62(81-47(9)76)66(11,42-79-45(7)74)58(65)30-31-68(59,13)67(54,12)33-34-69/h18-19,21-27,39-40,43-44,57-59,61-62H,14-17,20,28-38,41-42H2,1-13H3/q+1/t43-,44+,57-,58-,59-,61+,62+,65+,66+,67-,68-,69+/m1/s1. The fourth-order valence-corrected chi connectivity index (χ4v) is 18.3. The molecule has 2 aromatic rings. The van der Waals surface area contributed by atoms with Crippen LogP contribution in [-0.4, -0.2) is 111 Å². The number of fused-ring (bicyclic) bond motifs is 9. The second kappa shape index (κ2) is 22.5. The largest absolute Gasteiger partial charge is 0.465 e. The van der Waals surface area contributed by atoms with Crippen molar-refractivity contribution >= 4 is 46.4 Å². The van der Waals surface area contributed by atoms with Gasteiger partial charge in [-0.2, -0.15) is 0 Å². The van der Waals surface area contributed by atoms with Crippen LogP contribution < -0.4 is 14.8 Å². The van der Waals surface area contributed by atoms with Crippen molar-refractivity contribution in [3.63, 3.8) is 0 Å². The van der Waals surface area contributed by atoms with Gasteiger partial charge in [-0.25, -0.2) is 4.58 Å². The van der Waals surface area contributed by atoms with Crippen molar-refractivity contribution in [3.8, 4) is 22.5 Å². The number of esters is 3. The molecule has 10 rings (SSSR count). The second-order valence-electron chi connectivity index (χ2n) is 26.6. The van der Waals surface area contributed by atoms with Gasteiger partial charge in [-0.1, -0.05) is 71.4 Å². The fraction of sp³-hybridized carbons (Fsp3) is 0.623. The second-order valence-corrected chi connectivity index (χ2v) is 26.6. The summed E-state index contributed by atoms with van der Waals surface area (Å²) in [5.41, 5.74) is 4.61. The Morgan fingerprint density at radius 2 is 1.45 bits per heavy atom. The Morgan fingerprint density at radius 3 is 2.15 bits per heavy atom. The van der Waals surface area contributed by atoms with E-state index in [1.54, 1.807) is 0 Å². The molecule has 0 radical (unpaired) electrons. The molecule has 0 N–H and O–H groups in total. The molecule has 0 spiro atoms. The highest BCUT2D eigenvalue weighted by atomic mass is 16.6. The lowest BCUT2D eigenvalue weighted by Gasteiger charge is -2.72. The van der Waals surface area contributed by atoms with Crippen molar-refractivity contribution < 1.29 is 42.6 Å². The lowest BCUT2D eigenvalue weighted by atomic mass is 9.33. The molecule has 2 heterocycles. The van der Waals surface area contributed by atoms with Gasteiger partial charge in [0.15, 0.2) is 0 Å². The van der Waals surface area contributed by atoms with Crippen LogP contribution in [0.3, 0.4) is 0 Å². The van der Waals surface area contributed by atoms with Crippen LogP contribution in [0.4, 0.5) is 5.69 Å². The van der Waals surface area contributed by atoms with Crippen LogP contribution in [0.2, 0.25) is 0 Å². The third kappa shape index (κ3) is 9.67. The molecule has 1 saturated heterocycles. The quantitative estimate of drug-likeness (QED) is 0.0443. The molecule has 8 aliphatic rings. The highest BCUT2D eigenvalue weighted by Crippen LogP contribution is 2.76. The minimum Gasteiger partial charge on any atom is -0.465 e. The van der Waals surface area contributed by atoms with E-state index in [9.17, 15) is 14.4 Å². The zero-order chi connectivity index (χ0) is 58.8. The van der Waals surface area contributed by atoms with Crippen LogP contribution in [-0.2, 0) is 33.4 Å². The Morgan fingerprint density at radius 1 is 0.744 bits per heavy atom. The molecule has 442 valence electrons. The van der Waals surface area contributed by atoms with Crippen molar-refractivity contribution in [2.75, 3.05) is 63.9 Å². The number of carbonyl (C=O) groups excluding carboxylic acids is 5. The van der Waals surface area contributed by atoms with E-state index >= 15 is 9.59 Å². The summed E-state index contributed by atoms with van der Waals surface area (Å²) in [4.78, 5) is 76.0. The van der Waals surface area contributed by atoms with Gasteiger partial charge >= 0.3 is 17.9 Å². The van der Waals surface area contributed by atoms with Crippen molar-refractivity contribution in [3.05, 3.63) is 83.2 Å². The molecule has 82 heavy (non-hydrogen) atoms. The summed E-state index contributed by atoms with van der Waals surface area (Å²) in [5, 5.41) is 2.05. The maximum atomic E-state index is 16.0. The molecule has 6 aliphatic carbocycles. The average molecular weight is 1120 g/mol. The van der Waals surface area contributed by atoms with Crippen LogP contribution >= 0.6 is 0 Å². The van der Waals surface area contributed by atoms with E-state index in [-0.39, 0.29) is 58.3 Å². The number of amides is 2. The summed E-state index contributed by atoms with van der Waals surface area (Å²) >= 11 is 0. The fourth-order valence-electron chi connectivity index (χ4n) is 18.3. The van der Waals surface area contributed by atoms with Gasteiger partial charge in [-0.3, -0.25) is 24.0 Å². The predicted molar refractivity (Wildman–Crippen MR) is 322 cm³/mol. The third-order valence-electron chi connectivity index (χ3n) is 22.7. The Kier molecular flexibility index (Phi) is 16.3. The Bertz CT molecular complexity index is 3210. The highest BCUT2D eigenvalue weighted by molar-refractivity contribution is 6.09. The van der Waals surface area contributed by atoms with Crippen molar-refractivity contribution in [2.45, 2.75) is 160 Å². The minimum absolute atomic E-state index is 0.000621. The van der Waals surface area contributed by atoms with Gasteiger partial charge in [0.25, 0.3) is 5.91 Å². The number of hydrogen-bond acceptors (Lipinski definition) is 10. The lowest BCUT2D eigenvalue weighted by Crippen LogP contribution is -2.69. The van der Waals surface area contributed by atoms with Gasteiger partial charge < -0.3 is 33.3 Å². The van der Waals surface area contributed by atoms with Gasteiger partial charge in [0.2, 0.25) is 11.3 Å². The number of allylic oxidation sites excluding steroid dienone is 2. The minimum atomic E-state index is -0.816. The number of rotatable bonds is 12. The van der Waals surface area contributed by atoms with Crippen LogP contribution in [0, 0.1) is 56.7 Å². The van der Waals surface area contributed by atoms with Crippen LogP contribution in [0.5, 0.6) is 0 Å². The van der Waals surface area contributed by atoms with E-state index in [1.807, 2.05) is 23.1 Å². The van der Waals surface area contributed by atoms with Crippen LogP contribution in [0.1, 0.15) is 158 Å². The predicted octanol–water partition coefficient (Wildman–Crippen LogP) is 12.2. The summed E-state index contributed by atoms with van der Waals surface area (Å²) in [6.07, 6.45) is 8.33. The number of carbonyl (C=O) groups is 5. The molecular formula is C69H93N4O9+. The number of anilines is 1. The molecule has 2 aliphatic heterocycles. The molecular weight excluding hydrogens is 1030 g/mol. The molecule has 2 amide bonds. The number of hydrogen-bond donors (Lipinski definition) is 0. The number of benzene rings is 3. The number of ether oxygens (including phenoxy) is 3. The van der Waals surface area contributed by atoms with Gasteiger partial charge in [-0.05, 0) is 161 Å². The molecule has 13 heteroatoms. The van der Waals surface area contributed by atoms with Gasteiger partial charge in [0.1, 0.15) is 43.2 Å². The van der Waals surface area contributed by atoms with Gasteiger partial charge in [0, 0.05) is 105 Å². The van der Waals surface area contributed by atoms with Crippen LogP contribution in [0.15, 0.2) is 76.7 Å². The summed E-state index contributed by atoms with van der Waals surface area (Å²) in [6.45, 7) is 32.7. The first-order valence-electron chi connectivity index (χ1n) is 31.2. The highest BCUT2D eigenvalue weighted by Gasteiger charge is 2.72. The first-order valence-corrected chi connectivity index (χ1v) is 31.2. The van der Waals surface area contributed by atoms with Crippen molar-refractivity contribution in [2.24, 2.45) is 56.7 Å². The Balaban J connectivity index is 0.956. The maximum Gasteiger partial charge on any atom is 0.303 e. The van der Waals surface area contributed by atoms with E-state index in [4.69, 9.17) is 18.6 Å². The molecule has 0 unspecified atom stereocenters. The Hall–Kier alpha value is -5.98. The summed E-state index contributed by atoms with van der Waals surface area (Å²) in [6, 6.07) is 21.0. The van der Waals surface area contributed by atoms with E-state index in [2.05, 4.69) is 132 Å². The first kappa shape index (κ1) is 59.2. The first-order chi connectivity index (χ1) is 39.0. The summed E-state index contributed by atoms with van der Waals surface area (Å²) in [7, 11) is 0. The lowest BCUT2D eigenvalue weighted by molar-refractivity contribution is -0.256. The normalized spacial score (nSPS) is 32.5. The molecule has 12 atom stereocenters. The van der Waals surface area contributed by atoms with E-state index in [0.717, 1.165) is 116 Å². The smallest absolute Gasteiger partial charge is 0.303 e. The van der Waals surface area contributed by atoms with E-state index in [1.165, 1.54) is 26.3 Å². The summed E-state index contributed by atoms with van der Waals surface area (Å²) < 4.78 is 27.3. The Labute approximate surface area is 487 Å². The van der Waals surface area contributed by atoms with Gasteiger partial charge in [0.05, 0.1) is 11.5 Å². The maximum absolute atomic E-state index is 16.0. The molecule has 2 aromatic carbocycles. The number of nitrogens with zero attached hydrogens (tertiary/aromatic N) is 4. The SMILES string of the molecule is CCN(CC)c1ccc2c(-c3ccccc3C(=O)N3CCCN(C(=O)[C@]45CC[C@@H](C)[C@H](C)[C@H]4C4=CC[C@@H]6[C@@]7(C)C[C@@H](OC(C)=O)[C@H](OC(C)=O)[C@@](C)(COC(C)=O)[C@@H]7CC[C@@]6(C)[C@]4(C)CC5)CC3)c3ccc(=[N+](CC)CC)cc-3oc2c1. The van der Waals surface area contributed by atoms with Crippen LogP contribution in [0.25, 0.3) is 33.4 Å². The third-order valence-corrected chi connectivity index (χ3v) is 22.7. The molecule has 4 saturated carbocycles. The van der Waals surface area contributed by atoms with Crippen molar-refractivity contribution in [1.29, 1.82) is 0 Å². The molecule has 0 aromatic heterocycles. The van der Waals surface area contributed by atoms with Gasteiger partial charge in [-0.15, -0.1) is 0 Å². The van der Waals surface area contributed by atoms with E-state index < -0.39 is 40.9 Å². The molecule has 0 bridgehead atoms.